The number of rotatable bonds is 2. The highest BCUT2D eigenvalue weighted by Crippen LogP contribution is 2.36. The predicted octanol–water partition coefficient (Wildman–Crippen LogP) is 4.26. The molecular formula is C17H11ClN2O2S. The smallest absolute Gasteiger partial charge is 0.273 e. The highest BCUT2D eigenvalue weighted by atomic mass is 35.5. The zero-order chi connectivity index (χ0) is 16.0. The minimum atomic E-state index is -0.0881. The van der Waals surface area contributed by atoms with Crippen molar-refractivity contribution >= 4 is 43.2 Å². The van der Waals surface area contributed by atoms with E-state index in [1.807, 2.05) is 18.2 Å². The normalized spacial score (nSPS) is 11.2. The third-order valence-electron chi connectivity index (χ3n) is 3.70. The minimum Gasteiger partial charge on any atom is -0.496 e. The number of ether oxygens (including phenoxy) is 1. The maximum absolute atomic E-state index is 12.9. The van der Waals surface area contributed by atoms with E-state index in [1.165, 1.54) is 11.3 Å². The van der Waals surface area contributed by atoms with Gasteiger partial charge in [-0.3, -0.25) is 9.36 Å². The lowest BCUT2D eigenvalue weighted by molar-refractivity contribution is 0.420. The fraction of sp³-hybridized carbons (Fsp3) is 0.0588. The van der Waals surface area contributed by atoms with Crippen LogP contribution in [0.5, 0.6) is 5.75 Å². The molecule has 3 heterocycles. The van der Waals surface area contributed by atoms with Crippen LogP contribution in [-0.2, 0) is 0 Å². The fourth-order valence-corrected chi connectivity index (χ4v) is 3.93. The molecular weight excluding hydrogens is 332 g/mol. The lowest BCUT2D eigenvalue weighted by Crippen LogP contribution is -2.16. The maximum atomic E-state index is 12.9. The summed E-state index contributed by atoms with van der Waals surface area (Å²) in [7, 11) is 1.62. The van der Waals surface area contributed by atoms with Gasteiger partial charge in [-0.25, -0.2) is 4.98 Å². The summed E-state index contributed by atoms with van der Waals surface area (Å²) in [6.07, 6.45) is 3.45. The Morgan fingerprint density at radius 1 is 1.26 bits per heavy atom. The molecule has 6 heteroatoms. The predicted molar refractivity (Wildman–Crippen MR) is 94.3 cm³/mol. The lowest BCUT2D eigenvalue weighted by atomic mass is 10.2. The average Bonchev–Trinajstić information content (AvgIpc) is 2.95. The number of benzene rings is 1. The van der Waals surface area contributed by atoms with Crippen molar-refractivity contribution in [3.63, 3.8) is 0 Å². The second kappa shape index (κ2) is 5.37. The van der Waals surface area contributed by atoms with Crippen LogP contribution in [0.15, 0.2) is 53.6 Å². The van der Waals surface area contributed by atoms with Crippen molar-refractivity contribution in [3.05, 3.63) is 64.2 Å². The van der Waals surface area contributed by atoms with E-state index in [9.17, 15) is 4.79 Å². The highest BCUT2D eigenvalue weighted by Gasteiger charge is 2.15. The van der Waals surface area contributed by atoms with E-state index in [4.69, 9.17) is 16.3 Å². The van der Waals surface area contributed by atoms with E-state index in [0.29, 0.717) is 9.72 Å². The van der Waals surface area contributed by atoms with E-state index in [2.05, 4.69) is 4.98 Å². The van der Waals surface area contributed by atoms with Gasteiger partial charge < -0.3 is 4.74 Å². The summed E-state index contributed by atoms with van der Waals surface area (Å²) in [4.78, 5) is 18.0. The molecule has 4 rings (SSSR count). The van der Waals surface area contributed by atoms with E-state index in [0.717, 1.165) is 27.0 Å². The summed E-state index contributed by atoms with van der Waals surface area (Å²) >= 11 is 7.40. The van der Waals surface area contributed by atoms with Gasteiger partial charge in [0, 0.05) is 22.8 Å². The van der Waals surface area contributed by atoms with Gasteiger partial charge in [-0.2, -0.15) is 0 Å². The fourth-order valence-electron chi connectivity index (χ4n) is 2.66. The number of fused-ring (bicyclic) bond motifs is 3. The molecule has 0 aliphatic carbocycles. The van der Waals surface area contributed by atoms with Gasteiger partial charge >= 0.3 is 0 Å². The summed E-state index contributed by atoms with van der Waals surface area (Å²) in [6.45, 7) is 0. The summed E-state index contributed by atoms with van der Waals surface area (Å²) in [6, 6.07) is 10.9. The molecule has 1 aromatic carbocycles. The van der Waals surface area contributed by atoms with Crippen LogP contribution in [0.4, 0.5) is 0 Å². The molecule has 0 saturated heterocycles. The van der Waals surface area contributed by atoms with Crippen molar-refractivity contribution in [2.24, 2.45) is 0 Å². The van der Waals surface area contributed by atoms with Crippen molar-refractivity contribution in [3.8, 4) is 11.4 Å². The van der Waals surface area contributed by atoms with Gasteiger partial charge in [0.1, 0.15) is 15.3 Å². The van der Waals surface area contributed by atoms with E-state index in [1.54, 1.807) is 42.3 Å². The molecule has 23 heavy (non-hydrogen) atoms. The summed E-state index contributed by atoms with van der Waals surface area (Å²) in [5.74, 6) is 0.723. The van der Waals surface area contributed by atoms with Crippen LogP contribution in [0.1, 0.15) is 0 Å². The molecule has 0 spiro atoms. The Labute approximate surface area is 140 Å². The van der Waals surface area contributed by atoms with Gasteiger partial charge in [0.15, 0.2) is 0 Å². The van der Waals surface area contributed by atoms with E-state index >= 15 is 0 Å². The van der Waals surface area contributed by atoms with Crippen molar-refractivity contribution in [2.45, 2.75) is 0 Å². The minimum absolute atomic E-state index is 0.0881. The van der Waals surface area contributed by atoms with E-state index in [-0.39, 0.29) is 5.56 Å². The van der Waals surface area contributed by atoms with Gasteiger partial charge in [-0.15, -0.1) is 11.3 Å². The summed E-state index contributed by atoms with van der Waals surface area (Å²) < 4.78 is 7.65. The number of aromatic nitrogens is 2. The first-order chi connectivity index (χ1) is 11.2. The van der Waals surface area contributed by atoms with Crippen LogP contribution in [-0.4, -0.2) is 16.7 Å². The second-order valence-electron chi connectivity index (χ2n) is 5.01. The first-order valence-corrected chi connectivity index (χ1v) is 8.11. The van der Waals surface area contributed by atoms with Gasteiger partial charge in [0.2, 0.25) is 0 Å². The first-order valence-electron chi connectivity index (χ1n) is 6.92. The van der Waals surface area contributed by atoms with Crippen molar-refractivity contribution in [2.75, 3.05) is 7.11 Å². The molecule has 0 aliphatic rings. The molecule has 0 fully saturated rings. The maximum Gasteiger partial charge on any atom is 0.273 e. The molecule has 0 unspecified atom stereocenters. The van der Waals surface area contributed by atoms with Crippen LogP contribution in [0.25, 0.3) is 26.0 Å². The number of methoxy groups -OCH3 is 1. The third kappa shape index (κ3) is 2.20. The van der Waals surface area contributed by atoms with Crippen LogP contribution in [0.3, 0.4) is 0 Å². The molecule has 4 aromatic rings. The number of thiophene rings is 1. The topological polar surface area (TPSA) is 44.1 Å². The molecule has 0 radical (unpaired) electrons. The Morgan fingerprint density at radius 3 is 2.91 bits per heavy atom. The van der Waals surface area contributed by atoms with Gasteiger partial charge in [0.25, 0.3) is 5.56 Å². The van der Waals surface area contributed by atoms with Crippen LogP contribution >= 0.6 is 22.9 Å². The van der Waals surface area contributed by atoms with Gasteiger partial charge in [0.05, 0.1) is 18.2 Å². The SMILES string of the molecule is COc1ccnc2sc3c(=O)n(-c4cccc(Cl)c4)ccc3c12. The third-order valence-corrected chi connectivity index (χ3v) is 5.04. The lowest BCUT2D eigenvalue weighted by Gasteiger charge is -2.06. The molecule has 0 saturated carbocycles. The Kier molecular flexibility index (Phi) is 3.32. The molecule has 114 valence electrons. The van der Waals surface area contributed by atoms with E-state index < -0.39 is 0 Å². The molecule has 0 amide bonds. The van der Waals surface area contributed by atoms with Crippen LogP contribution < -0.4 is 10.3 Å². The molecule has 0 bridgehead atoms. The molecule has 0 aliphatic heterocycles. The molecule has 0 atom stereocenters. The molecule has 0 N–H and O–H groups in total. The Morgan fingerprint density at radius 2 is 2.13 bits per heavy atom. The van der Waals surface area contributed by atoms with Crippen LogP contribution in [0, 0.1) is 0 Å². The zero-order valence-corrected chi connectivity index (χ0v) is 13.7. The zero-order valence-electron chi connectivity index (χ0n) is 12.1. The number of halogens is 1. The summed E-state index contributed by atoms with van der Waals surface area (Å²) in [5, 5.41) is 2.33. The number of nitrogens with zero attached hydrogens (tertiary/aromatic N) is 2. The Balaban J connectivity index is 2.07. The number of hydrogen-bond acceptors (Lipinski definition) is 4. The standard InChI is InChI=1S/C17H11ClN2O2S/c1-22-13-5-7-19-16-14(13)12-6-8-20(17(21)15(12)23-16)11-4-2-3-10(18)9-11/h2-9H,1H3. The highest BCUT2D eigenvalue weighted by molar-refractivity contribution is 7.25. The Bertz CT molecular complexity index is 1100. The first kappa shape index (κ1) is 14.2. The monoisotopic (exact) mass is 342 g/mol. The molecule has 3 aromatic heterocycles. The van der Waals surface area contributed by atoms with Crippen LogP contribution in [0.2, 0.25) is 5.02 Å². The van der Waals surface area contributed by atoms with Crippen molar-refractivity contribution in [1.82, 2.24) is 9.55 Å². The van der Waals surface area contributed by atoms with Crippen molar-refractivity contribution in [1.29, 1.82) is 0 Å². The number of pyridine rings is 2. The molecule has 4 nitrogen and oxygen atoms in total. The second-order valence-corrected chi connectivity index (χ2v) is 6.44. The number of hydrogen-bond donors (Lipinski definition) is 0. The average molecular weight is 343 g/mol. The largest absolute Gasteiger partial charge is 0.496 e. The van der Waals surface area contributed by atoms with Gasteiger partial charge in [-0.1, -0.05) is 17.7 Å². The Hall–Kier alpha value is -2.37. The quantitative estimate of drug-likeness (QED) is 0.546. The summed E-state index contributed by atoms with van der Waals surface area (Å²) in [5.41, 5.74) is 0.650. The van der Waals surface area contributed by atoms with Gasteiger partial charge in [-0.05, 0) is 30.3 Å². The van der Waals surface area contributed by atoms with Crippen molar-refractivity contribution < 1.29 is 4.74 Å².